The molecule has 0 radical (unpaired) electrons. The van der Waals surface area contributed by atoms with Gasteiger partial charge in [-0.15, -0.1) is 0 Å². The number of anilines is 1. The first kappa shape index (κ1) is 15.3. The lowest BCUT2D eigenvalue weighted by Crippen LogP contribution is -2.32. The zero-order valence-electron chi connectivity index (χ0n) is 12.6. The molecule has 2 amide bonds. The number of amides is 2. The van der Waals surface area contributed by atoms with E-state index >= 15 is 0 Å². The number of hydrogen-bond donors (Lipinski definition) is 1. The van der Waals surface area contributed by atoms with E-state index in [9.17, 15) is 14.7 Å². The van der Waals surface area contributed by atoms with Crippen LogP contribution >= 0.6 is 11.6 Å². The number of rotatable bonds is 2. The highest BCUT2D eigenvalue weighted by molar-refractivity contribution is 6.45. The number of benzene rings is 2. The van der Waals surface area contributed by atoms with Crippen LogP contribution in [0.25, 0.3) is 5.57 Å². The second kappa shape index (κ2) is 5.56. The molecule has 0 unspecified atom stereocenters. The number of nitrogens with zero attached hydrogens (tertiary/aromatic N) is 1. The van der Waals surface area contributed by atoms with Crippen molar-refractivity contribution in [1.29, 1.82) is 0 Å². The minimum absolute atomic E-state index is 0.00774. The third-order valence-corrected chi connectivity index (χ3v) is 4.04. The van der Waals surface area contributed by atoms with E-state index in [4.69, 9.17) is 11.6 Å². The lowest BCUT2D eigenvalue weighted by atomic mass is 10.1. The van der Waals surface area contributed by atoms with Gasteiger partial charge in [0.25, 0.3) is 5.91 Å². The van der Waals surface area contributed by atoms with Gasteiger partial charge in [0, 0.05) is 5.02 Å². The molecule has 5 heteroatoms. The molecule has 1 N–H and O–H groups in total. The Bertz CT molecular complexity index is 853. The summed E-state index contributed by atoms with van der Waals surface area (Å²) in [6.07, 6.45) is 0. The highest BCUT2D eigenvalue weighted by atomic mass is 35.5. The molecule has 3 rings (SSSR count). The summed E-state index contributed by atoms with van der Waals surface area (Å²) in [4.78, 5) is 26.1. The van der Waals surface area contributed by atoms with Crippen LogP contribution in [0.2, 0.25) is 5.02 Å². The molecular formula is C18H14ClNO3. The van der Waals surface area contributed by atoms with Crippen LogP contribution in [0.5, 0.6) is 0 Å². The molecule has 0 aromatic heterocycles. The number of halogens is 1. The zero-order valence-corrected chi connectivity index (χ0v) is 13.4. The fourth-order valence-electron chi connectivity index (χ4n) is 2.67. The SMILES string of the molecule is Cc1ccc(N2C(=O)C(O)=C(c3ccc(Cl)cc3)C2=O)c(C)c1. The molecule has 0 saturated carbocycles. The Kier molecular flexibility index (Phi) is 3.70. The normalized spacial score (nSPS) is 14.8. The summed E-state index contributed by atoms with van der Waals surface area (Å²) in [7, 11) is 0. The average Bonchev–Trinajstić information content (AvgIpc) is 2.72. The monoisotopic (exact) mass is 327 g/mol. The van der Waals surface area contributed by atoms with E-state index in [1.165, 1.54) is 0 Å². The molecule has 23 heavy (non-hydrogen) atoms. The number of carbonyl (C=O) groups is 2. The summed E-state index contributed by atoms with van der Waals surface area (Å²) in [5.41, 5.74) is 2.74. The number of hydrogen-bond acceptors (Lipinski definition) is 3. The van der Waals surface area contributed by atoms with Crippen LogP contribution in [-0.4, -0.2) is 16.9 Å². The molecule has 1 heterocycles. The molecule has 0 atom stereocenters. The topological polar surface area (TPSA) is 57.6 Å². The van der Waals surface area contributed by atoms with Gasteiger partial charge in [0.15, 0.2) is 5.76 Å². The van der Waals surface area contributed by atoms with Crippen LogP contribution in [0.15, 0.2) is 48.2 Å². The Morgan fingerprint density at radius 1 is 0.957 bits per heavy atom. The van der Waals surface area contributed by atoms with Crippen molar-refractivity contribution < 1.29 is 14.7 Å². The van der Waals surface area contributed by atoms with E-state index in [1.54, 1.807) is 30.3 Å². The van der Waals surface area contributed by atoms with Gasteiger partial charge in [0.05, 0.1) is 11.3 Å². The minimum Gasteiger partial charge on any atom is -0.502 e. The quantitative estimate of drug-likeness (QED) is 0.853. The van der Waals surface area contributed by atoms with E-state index in [0.29, 0.717) is 16.3 Å². The zero-order chi connectivity index (χ0) is 16.7. The first-order chi connectivity index (χ1) is 10.9. The maximum Gasteiger partial charge on any atom is 0.301 e. The minimum atomic E-state index is -0.716. The van der Waals surface area contributed by atoms with E-state index in [-0.39, 0.29) is 5.57 Å². The lowest BCUT2D eigenvalue weighted by Gasteiger charge is -2.17. The maximum absolute atomic E-state index is 12.7. The van der Waals surface area contributed by atoms with Gasteiger partial charge < -0.3 is 5.11 Å². The Morgan fingerprint density at radius 3 is 2.22 bits per heavy atom. The van der Waals surface area contributed by atoms with Crippen molar-refractivity contribution in [2.75, 3.05) is 4.90 Å². The van der Waals surface area contributed by atoms with Gasteiger partial charge in [0.2, 0.25) is 0 Å². The third-order valence-electron chi connectivity index (χ3n) is 3.79. The molecule has 0 bridgehead atoms. The van der Waals surface area contributed by atoms with Crippen molar-refractivity contribution in [1.82, 2.24) is 0 Å². The van der Waals surface area contributed by atoms with Crippen LogP contribution in [0.1, 0.15) is 16.7 Å². The largest absolute Gasteiger partial charge is 0.502 e. The van der Waals surface area contributed by atoms with E-state index in [2.05, 4.69) is 0 Å². The van der Waals surface area contributed by atoms with Crippen LogP contribution in [0.3, 0.4) is 0 Å². The molecule has 116 valence electrons. The molecule has 0 saturated heterocycles. The van der Waals surface area contributed by atoms with Gasteiger partial charge in [-0.1, -0.05) is 41.4 Å². The van der Waals surface area contributed by atoms with Crippen molar-refractivity contribution in [3.05, 3.63) is 69.9 Å². The highest BCUT2D eigenvalue weighted by Gasteiger charge is 2.40. The van der Waals surface area contributed by atoms with Gasteiger partial charge in [-0.3, -0.25) is 9.59 Å². The predicted molar refractivity (Wildman–Crippen MR) is 89.4 cm³/mol. The Labute approximate surface area is 138 Å². The second-order valence-electron chi connectivity index (χ2n) is 5.47. The van der Waals surface area contributed by atoms with Gasteiger partial charge in [-0.05, 0) is 43.2 Å². The summed E-state index contributed by atoms with van der Waals surface area (Å²) < 4.78 is 0. The predicted octanol–water partition coefficient (Wildman–Crippen LogP) is 3.80. The van der Waals surface area contributed by atoms with Crippen molar-refractivity contribution in [2.45, 2.75) is 13.8 Å². The van der Waals surface area contributed by atoms with Gasteiger partial charge in [0.1, 0.15) is 0 Å². The molecule has 2 aromatic carbocycles. The summed E-state index contributed by atoms with van der Waals surface area (Å²) in [6.45, 7) is 3.75. The summed E-state index contributed by atoms with van der Waals surface area (Å²) >= 11 is 5.84. The molecule has 0 aliphatic carbocycles. The summed E-state index contributed by atoms with van der Waals surface area (Å²) in [5.74, 6) is -1.80. The molecule has 0 spiro atoms. The van der Waals surface area contributed by atoms with Crippen molar-refractivity contribution in [2.24, 2.45) is 0 Å². The van der Waals surface area contributed by atoms with Crippen molar-refractivity contribution >= 4 is 34.7 Å². The number of imide groups is 1. The molecule has 2 aromatic rings. The van der Waals surface area contributed by atoms with Gasteiger partial charge in [-0.2, -0.15) is 0 Å². The van der Waals surface area contributed by atoms with Gasteiger partial charge in [-0.25, -0.2) is 4.90 Å². The molecule has 1 aliphatic rings. The van der Waals surface area contributed by atoms with Crippen LogP contribution < -0.4 is 4.90 Å². The molecule has 1 aliphatic heterocycles. The molecular weight excluding hydrogens is 314 g/mol. The fourth-order valence-corrected chi connectivity index (χ4v) is 2.80. The second-order valence-corrected chi connectivity index (χ2v) is 5.90. The highest BCUT2D eigenvalue weighted by Crippen LogP contribution is 2.34. The third kappa shape index (κ3) is 2.51. The first-order valence-corrected chi connectivity index (χ1v) is 7.43. The number of aliphatic hydroxyl groups is 1. The molecule has 0 fully saturated rings. The van der Waals surface area contributed by atoms with Crippen LogP contribution in [0, 0.1) is 13.8 Å². The van der Waals surface area contributed by atoms with Crippen LogP contribution in [0.4, 0.5) is 5.69 Å². The fraction of sp³-hybridized carbons (Fsp3) is 0.111. The van der Waals surface area contributed by atoms with Gasteiger partial charge >= 0.3 is 5.91 Å². The van der Waals surface area contributed by atoms with E-state index < -0.39 is 17.6 Å². The number of carbonyl (C=O) groups excluding carboxylic acids is 2. The summed E-state index contributed by atoms with van der Waals surface area (Å²) in [6, 6.07) is 11.8. The van der Waals surface area contributed by atoms with E-state index in [1.807, 2.05) is 26.0 Å². The van der Waals surface area contributed by atoms with E-state index in [0.717, 1.165) is 16.0 Å². The Morgan fingerprint density at radius 2 is 1.61 bits per heavy atom. The average molecular weight is 328 g/mol. The lowest BCUT2D eigenvalue weighted by molar-refractivity contribution is -0.121. The van der Waals surface area contributed by atoms with Crippen LogP contribution in [-0.2, 0) is 9.59 Å². The Balaban J connectivity index is 2.07. The van der Waals surface area contributed by atoms with Crippen molar-refractivity contribution in [3.63, 3.8) is 0 Å². The maximum atomic E-state index is 12.7. The number of aliphatic hydroxyl groups excluding tert-OH is 1. The standard InChI is InChI=1S/C18H14ClNO3/c1-10-3-8-14(11(2)9-10)20-17(22)15(16(21)18(20)23)12-4-6-13(19)7-5-12/h3-9,21H,1-2H3. The molecule has 4 nitrogen and oxygen atoms in total. The Hall–Kier alpha value is -2.59. The number of aryl methyl sites for hydroxylation is 2. The first-order valence-electron chi connectivity index (χ1n) is 7.05. The van der Waals surface area contributed by atoms with Crippen molar-refractivity contribution in [3.8, 4) is 0 Å². The summed E-state index contributed by atoms with van der Waals surface area (Å²) in [5, 5.41) is 10.7. The smallest absolute Gasteiger partial charge is 0.301 e.